The van der Waals surface area contributed by atoms with Crippen LogP contribution in [-0.4, -0.2) is 47.7 Å². The van der Waals surface area contributed by atoms with Gasteiger partial charge in [-0.3, -0.25) is 4.79 Å². The van der Waals surface area contributed by atoms with Crippen molar-refractivity contribution in [2.75, 3.05) is 19.7 Å². The van der Waals surface area contributed by atoms with Crippen molar-refractivity contribution in [3.05, 3.63) is 34.9 Å². The molecule has 5 nitrogen and oxygen atoms in total. The van der Waals surface area contributed by atoms with Crippen LogP contribution in [0.3, 0.4) is 0 Å². The Labute approximate surface area is 118 Å². The van der Waals surface area contributed by atoms with Crippen molar-refractivity contribution in [2.45, 2.75) is 26.4 Å². The molecule has 5 heteroatoms. The zero-order chi connectivity index (χ0) is 14.7. The first kappa shape index (κ1) is 14.5. The highest BCUT2D eigenvalue weighted by Gasteiger charge is 2.25. The topological polar surface area (TPSA) is 66.8 Å². The van der Waals surface area contributed by atoms with Crippen LogP contribution in [-0.2, 0) is 11.2 Å². The summed E-state index contributed by atoms with van der Waals surface area (Å²) in [7, 11) is 0. The molecule has 0 aliphatic carbocycles. The zero-order valence-electron chi connectivity index (χ0n) is 11.8. The molecule has 0 bridgehead atoms. The SMILES string of the molecule is CCc1c(C(=O)O)cccc1C(=O)N1CCOC(C)C1. The van der Waals surface area contributed by atoms with E-state index < -0.39 is 5.97 Å². The summed E-state index contributed by atoms with van der Waals surface area (Å²) >= 11 is 0. The van der Waals surface area contributed by atoms with Gasteiger partial charge in [0.15, 0.2) is 0 Å². The molecule has 1 unspecified atom stereocenters. The van der Waals surface area contributed by atoms with E-state index in [1.807, 2.05) is 13.8 Å². The van der Waals surface area contributed by atoms with Crippen LogP contribution in [0.25, 0.3) is 0 Å². The van der Waals surface area contributed by atoms with Crippen molar-refractivity contribution >= 4 is 11.9 Å². The van der Waals surface area contributed by atoms with E-state index in [2.05, 4.69) is 0 Å². The normalized spacial score (nSPS) is 18.9. The number of nitrogens with zero attached hydrogens (tertiary/aromatic N) is 1. The molecule has 1 aromatic carbocycles. The predicted octanol–water partition coefficient (Wildman–Crippen LogP) is 1.81. The van der Waals surface area contributed by atoms with Gasteiger partial charge in [-0.05, 0) is 31.0 Å². The molecule has 1 aromatic rings. The number of rotatable bonds is 3. The van der Waals surface area contributed by atoms with Crippen LogP contribution in [0, 0.1) is 0 Å². The van der Waals surface area contributed by atoms with Crippen LogP contribution in [0.15, 0.2) is 18.2 Å². The molecule has 1 N–H and O–H groups in total. The van der Waals surface area contributed by atoms with E-state index in [-0.39, 0.29) is 17.6 Å². The number of hydrogen-bond acceptors (Lipinski definition) is 3. The molecule has 1 aliphatic heterocycles. The molecule has 1 fully saturated rings. The molecule has 0 saturated carbocycles. The van der Waals surface area contributed by atoms with Crippen LogP contribution in [0.5, 0.6) is 0 Å². The van der Waals surface area contributed by atoms with E-state index in [1.54, 1.807) is 23.1 Å². The summed E-state index contributed by atoms with van der Waals surface area (Å²) in [5.74, 6) is -1.10. The summed E-state index contributed by atoms with van der Waals surface area (Å²) in [5, 5.41) is 9.21. The largest absolute Gasteiger partial charge is 0.478 e. The average molecular weight is 277 g/mol. The van der Waals surface area contributed by atoms with Crippen molar-refractivity contribution < 1.29 is 19.4 Å². The van der Waals surface area contributed by atoms with Gasteiger partial charge in [-0.25, -0.2) is 4.79 Å². The first-order chi connectivity index (χ1) is 9.54. The fourth-order valence-electron chi connectivity index (χ4n) is 2.54. The molecular weight excluding hydrogens is 258 g/mol. The lowest BCUT2D eigenvalue weighted by Crippen LogP contribution is -2.44. The molecule has 1 heterocycles. The summed E-state index contributed by atoms with van der Waals surface area (Å²) in [6.07, 6.45) is 0.532. The lowest BCUT2D eigenvalue weighted by atomic mass is 9.97. The van der Waals surface area contributed by atoms with Crippen molar-refractivity contribution in [1.29, 1.82) is 0 Å². The Kier molecular flexibility index (Phi) is 4.39. The number of morpholine rings is 1. The second-order valence-corrected chi connectivity index (χ2v) is 4.92. The number of aromatic carboxylic acids is 1. The molecule has 0 spiro atoms. The summed E-state index contributed by atoms with van der Waals surface area (Å²) in [6.45, 7) is 5.39. The van der Waals surface area contributed by atoms with Crippen molar-refractivity contribution in [2.24, 2.45) is 0 Å². The minimum absolute atomic E-state index is 0.0143. The summed E-state index contributed by atoms with van der Waals surface area (Å²) < 4.78 is 5.42. The minimum atomic E-state index is -0.994. The number of carbonyl (C=O) groups excluding carboxylic acids is 1. The third-order valence-electron chi connectivity index (χ3n) is 3.52. The van der Waals surface area contributed by atoms with Crippen LogP contribution in [0.4, 0.5) is 0 Å². The molecule has 0 aromatic heterocycles. The lowest BCUT2D eigenvalue weighted by molar-refractivity contribution is -0.0124. The second-order valence-electron chi connectivity index (χ2n) is 4.92. The van der Waals surface area contributed by atoms with Gasteiger partial charge >= 0.3 is 5.97 Å². The van der Waals surface area contributed by atoms with Crippen molar-refractivity contribution in [3.63, 3.8) is 0 Å². The van der Waals surface area contributed by atoms with Gasteiger partial charge in [0.1, 0.15) is 0 Å². The van der Waals surface area contributed by atoms with E-state index in [0.717, 1.165) is 0 Å². The maximum absolute atomic E-state index is 12.6. The Bertz CT molecular complexity index is 527. The van der Waals surface area contributed by atoms with Gasteiger partial charge in [0.05, 0.1) is 18.3 Å². The Morgan fingerprint density at radius 1 is 1.40 bits per heavy atom. The molecule has 1 atom stereocenters. The van der Waals surface area contributed by atoms with Crippen LogP contribution < -0.4 is 0 Å². The molecule has 1 aliphatic rings. The Balaban J connectivity index is 2.34. The Hall–Kier alpha value is -1.88. The predicted molar refractivity (Wildman–Crippen MR) is 74.1 cm³/mol. The van der Waals surface area contributed by atoms with Crippen molar-refractivity contribution in [3.8, 4) is 0 Å². The number of benzene rings is 1. The molecule has 2 rings (SSSR count). The minimum Gasteiger partial charge on any atom is -0.478 e. The van der Waals surface area contributed by atoms with Crippen LogP contribution >= 0.6 is 0 Å². The number of carboxylic acids is 1. The highest BCUT2D eigenvalue weighted by Crippen LogP contribution is 2.19. The fourth-order valence-corrected chi connectivity index (χ4v) is 2.54. The van der Waals surface area contributed by atoms with Crippen LogP contribution in [0.1, 0.15) is 40.1 Å². The first-order valence-corrected chi connectivity index (χ1v) is 6.80. The molecule has 1 saturated heterocycles. The highest BCUT2D eigenvalue weighted by atomic mass is 16.5. The van der Waals surface area contributed by atoms with Crippen molar-refractivity contribution in [1.82, 2.24) is 4.90 Å². The highest BCUT2D eigenvalue weighted by molar-refractivity contribution is 6.00. The summed E-state index contributed by atoms with van der Waals surface area (Å²) in [4.78, 5) is 25.5. The quantitative estimate of drug-likeness (QED) is 0.915. The van der Waals surface area contributed by atoms with Gasteiger partial charge in [-0.15, -0.1) is 0 Å². The number of carbonyl (C=O) groups is 2. The molecule has 108 valence electrons. The van der Waals surface area contributed by atoms with E-state index in [0.29, 0.717) is 37.2 Å². The van der Waals surface area contributed by atoms with E-state index in [4.69, 9.17) is 4.74 Å². The van der Waals surface area contributed by atoms with Gasteiger partial charge in [-0.1, -0.05) is 13.0 Å². The van der Waals surface area contributed by atoms with Gasteiger partial charge in [0.2, 0.25) is 0 Å². The van der Waals surface area contributed by atoms with Gasteiger partial charge < -0.3 is 14.7 Å². The van der Waals surface area contributed by atoms with Gasteiger partial charge in [-0.2, -0.15) is 0 Å². The van der Waals surface area contributed by atoms with Gasteiger partial charge in [0, 0.05) is 18.7 Å². The van der Waals surface area contributed by atoms with E-state index >= 15 is 0 Å². The Morgan fingerprint density at radius 2 is 2.10 bits per heavy atom. The maximum Gasteiger partial charge on any atom is 0.335 e. The lowest BCUT2D eigenvalue weighted by Gasteiger charge is -2.31. The monoisotopic (exact) mass is 277 g/mol. The second kappa shape index (κ2) is 6.05. The fraction of sp³-hybridized carbons (Fsp3) is 0.467. The average Bonchev–Trinajstić information content (AvgIpc) is 2.45. The van der Waals surface area contributed by atoms with Gasteiger partial charge in [0.25, 0.3) is 5.91 Å². The summed E-state index contributed by atoms with van der Waals surface area (Å²) in [6, 6.07) is 4.87. The third-order valence-corrected chi connectivity index (χ3v) is 3.52. The van der Waals surface area contributed by atoms with Crippen LogP contribution in [0.2, 0.25) is 0 Å². The molecule has 0 radical (unpaired) electrons. The maximum atomic E-state index is 12.6. The number of ether oxygens (including phenoxy) is 1. The molecular formula is C15H19NO4. The smallest absolute Gasteiger partial charge is 0.335 e. The van der Waals surface area contributed by atoms with E-state index in [9.17, 15) is 14.7 Å². The third kappa shape index (κ3) is 2.82. The number of hydrogen-bond donors (Lipinski definition) is 1. The Morgan fingerprint density at radius 3 is 2.70 bits per heavy atom. The van der Waals surface area contributed by atoms with E-state index in [1.165, 1.54) is 0 Å². The molecule has 1 amide bonds. The first-order valence-electron chi connectivity index (χ1n) is 6.80. The standard InChI is InChI=1S/C15H19NO4/c1-3-11-12(5-4-6-13(11)15(18)19)14(17)16-7-8-20-10(2)9-16/h4-6,10H,3,7-9H2,1-2H3,(H,18,19). The number of carboxylic acid groups (broad SMARTS) is 1. The number of amides is 1. The zero-order valence-corrected chi connectivity index (χ0v) is 11.8. The molecule has 20 heavy (non-hydrogen) atoms. The summed E-state index contributed by atoms with van der Waals surface area (Å²) in [5.41, 5.74) is 1.30.